The summed E-state index contributed by atoms with van der Waals surface area (Å²) in [5, 5.41) is 0. The minimum absolute atomic E-state index is 0. The molecule has 2 heteroatoms. The van der Waals surface area contributed by atoms with Gasteiger partial charge in [0.25, 0.3) is 0 Å². The van der Waals surface area contributed by atoms with Crippen molar-refractivity contribution in [2.24, 2.45) is 0 Å². The van der Waals surface area contributed by atoms with Gasteiger partial charge in [-0.25, -0.2) is 18.6 Å². The maximum absolute atomic E-state index is 3.97. The van der Waals surface area contributed by atoms with Crippen LogP contribution in [0, 0.1) is 44.7 Å². The predicted octanol–water partition coefficient (Wildman–Crippen LogP) is 2.65. The number of benzene rings is 1. The molecule has 0 aromatic heterocycles. The molecular weight excluding hydrogens is 335 g/mol. The van der Waals surface area contributed by atoms with Gasteiger partial charge < -0.3 is 4.90 Å². The van der Waals surface area contributed by atoms with Gasteiger partial charge in [-0.2, -0.15) is 0 Å². The van der Waals surface area contributed by atoms with Crippen LogP contribution in [0.5, 0.6) is 0 Å². The molecule has 15 heavy (non-hydrogen) atoms. The van der Waals surface area contributed by atoms with Gasteiger partial charge in [0.1, 0.15) is 0 Å². The molecule has 1 heterocycles. The molecule has 2 rings (SSSR count). The zero-order valence-corrected chi connectivity index (χ0v) is 10.7. The van der Waals surface area contributed by atoms with Crippen molar-refractivity contribution in [2.75, 3.05) is 13.1 Å². The normalized spacial score (nSPS) is 16.7. The van der Waals surface area contributed by atoms with Crippen molar-refractivity contribution >= 4 is 0 Å². The van der Waals surface area contributed by atoms with E-state index in [1.807, 2.05) is 0 Å². The first-order valence-electron chi connectivity index (χ1n) is 5.12. The van der Waals surface area contributed by atoms with E-state index in [1.165, 1.54) is 11.1 Å². The van der Waals surface area contributed by atoms with E-state index in [0.717, 1.165) is 26.1 Å². The summed E-state index contributed by atoms with van der Waals surface area (Å²) in [6.45, 7) is 7.23. The molecule has 0 unspecified atom stereocenters. The fourth-order valence-electron chi connectivity index (χ4n) is 1.74. The third-order valence-corrected chi connectivity index (χ3v) is 2.64. The van der Waals surface area contributed by atoms with Gasteiger partial charge in [0.15, 0.2) is 0 Å². The molecule has 0 spiro atoms. The van der Waals surface area contributed by atoms with E-state index in [9.17, 15) is 0 Å². The van der Waals surface area contributed by atoms with E-state index >= 15 is 0 Å². The topological polar surface area (TPSA) is 3.24 Å². The molecule has 1 aromatic rings. The Balaban J connectivity index is 0.00000112. The molecule has 0 saturated carbocycles. The van der Waals surface area contributed by atoms with Crippen molar-refractivity contribution < 1.29 is 37.7 Å². The van der Waals surface area contributed by atoms with E-state index in [1.54, 1.807) is 0 Å². The summed E-state index contributed by atoms with van der Waals surface area (Å²) in [6.07, 6.45) is 3.35. The first kappa shape index (κ1) is 13.1. The van der Waals surface area contributed by atoms with Crippen LogP contribution in [0.3, 0.4) is 0 Å². The summed E-state index contributed by atoms with van der Waals surface area (Å²) >= 11 is 0. The van der Waals surface area contributed by atoms with Crippen LogP contribution in [0.2, 0.25) is 0 Å². The zero-order chi connectivity index (χ0) is 9.80. The molecule has 85 valence electrons. The Kier molecular flexibility index (Phi) is 5.77. The summed E-state index contributed by atoms with van der Waals surface area (Å²) in [7, 11) is 0. The Morgan fingerprint density at radius 3 is 2.53 bits per heavy atom. The Hall–Kier alpha value is 0.0497. The molecular formula is C13H16HoN-. The van der Waals surface area contributed by atoms with E-state index in [4.69, 9.17) is 0 Å². The Morgan fingerprint density at radius 2 is 1.93 bits per heavy atom. The van der Waals surface area contributed by atoms with Gasteiger partial charge in [-0.3, -0.25) is 0 Å². The van der Waals surface area contributed by atoms with Gasteiger partial charge in [0.05, 0.1) is 0 Å². The molecule has 0 fully saturated rings. The second-order valence-corrected chi connectivity index (χ2v) is 3.83. The zero-order valence-electron chi connectivity index (χ0n) is 8.75. The van der Waals surface area contributed by atoms with Crippen molar-refractivity contribution in [3.63, 3.8) is 0 Å². The first-order chi connectivity index (χ1) is 6.84. The smallest absolute Gasteiger partial charge is 0.0220 e. The fourth-order valence-corrected chi connectivity index (χ4v) is 1.74. The fraction of sp³-hybridized carbons (Fsp3) is 0.308. The predicted molar refractivity (Wildman–Crippen MR) is 59.8 cm³/mol. The Morgan fingerprint density at radius 1 is 1.20 bits per heavy atom. The maximum atomic E-state index is 3.97. The van der Waals surface area contributed by atoms with E-state index in [2.05, 4.69) is 48.2 Å². The van der Waals surface area contributed by atoms with E-state index < -0.39 is 0 Å². The quantitative estimate of drug-likeness (QED) is 0.585. The summed E-state index contributed by atoms with van der Waals surface area (Å²) in [5.74, 6) is 0. The Labute approximate surface area is 122 Å². The van der Waals surface area contributed by atoms with E-state index in [0.29, 0.717) is 0 Å². The van der Waals surface area contributed by atoms with Crippen molar-refractivity contribution in [2.45, 2.75) is 13.0 Å². The van der Waals surface area contributed by atoms with Gasteiger partial charge >= 0.3 is 0 Å². The average Bonchev–Trinajstić information content (AvgIpc) is 2.23. The molecule has 1 radical (unpaired) electrons. The largest absolute Gasteiger partial charge is 0.312 e. The van der Waals surface area contributed by atoms with Crippen LogP contribution in [0.15, 0.2) is 42.0 Å². The monoisotopic (exact) mass is 351 g/mol. The van der Waals surface area contributed by atoms with Gasteiger partial charge in [-0.05, 0) is 25.1 Å². The molecule has 0 bridgehead atoms. The second-order valence-electron chi connectivity index (χ2n) is 3.83. The van der Waals surface area contributed by atoms with Crippen LogP contribution in [-0.4, -0.2) is 18.0 Å². The minimum Gasteiger partial charge on any atom is -0.312 e. The number of nitrogens with zero attached hydrogens (tertiary/aromatic N) is 1. The van der Waals surface area contributed by atoms with Crippen molar-refractivity contribution in [1.29, 1.82) is 0 Å². The van der Waals surface area contributed by atoms with Crippen LogP contribution in [0.1, 0.15) is 12.0 Å². The SMILES string of the molecule is [CH2-]C1=CCN(Cc2ccccc2)CC1.[Ho]. The Bertz CT molecular complexity index is 319. The standard InChI is InChI=1S/C13H16N.Ho/c1-12-7-9-14(10-8-12)11-13-5-3-2-4-6-13;/h2-7H,1,8-11H2;/q-1;. The average molecular weight is 351 g/mol. The molecule has 0 aliphatic carbocycles. The van der Waals surface area contributed by atoms with E-state index in [-0.39, 0.29) is 37.7 Å². The van der Waals surface area contributed by atoms with Gasteiger partial charge in [-0.1, -0.05) is 30.3 Å². The van der Waals surface area contributed by atoms with Gasteiger partial charge in [-0.15, -0.1) is 0 Å². The molecule has 1 aliphatic heterocycles. The minimum atomic E-state index is 0. The van der Waals surface area contributed by atoms with Crippen LogP contribution in [0.4, 0.5) is 0 Å². The summed E-state index contributed by atoms with van der Waals surface area (Å²) in [4.78, 5) is 2.45. The summed E-state index contributed by atoms with van der Waals surface area (Å²) in [6, 6.07) is 10.6. The maximum Gasteiger partial charge on any atom is 0.0220 e. The molecule has 0 N–H and O–H groups in total. The van der Waals surface area contributed by atoms with Crippen molar-refractivity contribution in [3.8, 4) is 0 Å². The van der Waals surface area contributed by atoms with Crippen LogP contribution in [0.25, 0.3) is 0 Å². The van der Waals surface area contributed by atoms with Crippen molar-refractivity contribution in [1.82, 2.24) is 4.90 Å². The molecule has 1 aliphatic rings. The van der Waals surface area contributed by atoms with Crippen molar-refractivity contribution in [3.05, 3.63) is 54.5 Å². The van der Waals surface area contributed by atoms with Crippen LogP contribution >= 0.6 is 0 Å². The third-order valence-electron chi connectivity index (χ3n) is 2.64. The molecule has 1 nitrogen and oxygen atoms in total. The van der Waals surface area contributed by atoms with Gasteiger partial charge in [0, 0.05) is 44.3 Å². The molecule has 0 saturated heterocycles. The summed E-state index contributed by atoms with van der Waals surface area (Å²) in [5.41, 5.74) is 2.68. The molecule has 1 aromatic carbocycles. The second kappa shape index (κ2) is 6.59. The summed E-state index contributed by atoms with van der Waals surface area (Å²) < 4.78 is 0. The van der Waals surface area contributed by atoms with Crippen LogP contribution < -0.4 is 0 Å². The first-order valence-corrected chi connectivity index (χ1v) is 5.12. The molecule has 0 amide bonds. The number of hydrogen-bond donors (Lipinski definition) is 0. The van der Waals surface area contributed by atoms with Gasteiger partial charge in [0.2, 0.25) is 0 Å². The third kappa shape index (κ3) is 4.20. The number of rotatable bonds is 2. The number of hydrogen-bond acceptors (Lipinski definition) is 1. The van der Waals surface area contributed by atoms with Crippen LogP contribution in [-0.2, 0) is 6.54 Å². The molecule has 0 atom stereocenters.